The third-order valence-corrected chi connectivity index (χ3v) is 8.43. The van der Waals surface area contributed by atoms with Gasteiger partial charge in [0.05, 0.1) is 69.7 Å². The summed E-state index contributed by atoms with van der Waals surface area (Å²) in [4.78, 5) is 31.0. The Morgan fingerprint density at radius 1 is 1.12 bits per heavy atom. The fraction of sp³-hybridized carbons (Fsp3) is 0.258. The van der Waals surface area contributed by atoms with Gasteiger partial charge < -0.3 is 5.32 Å². The summed E-state index contributed by atoms with van der Waals surface area (Å²) in [5.41, 5.74) is -2.75. The Labute approximate surface area is 277 Å². The zero-order chi connectivity index (χ0) is 35.2. The zero-order valence-corrected chi connectivity index (χ0v) is 25.8. The van der Waals surface area contributed by atoms with Gasteiger partial charge in [-0.25, -0.2) is 18.7 Å². The van der Waals surface area contributed by atoms with Gasteiger partial charge in [-0.05, 0) is 42.7 Å². The van der Waals surface area contributed by atoms with Gasteiger partial charge in [0.2, 0.25) is 5.91 Å². The number of carbonyl (C=O) groups excluding carboxylic acids is 1. The average molecular weight is 702 g/mol. The highest BCUT2D eigenvalue weighted by molar-refractivity contribution is 6.31. The van der Waals surface area contributed by atoms with Gasteiger partial charge in [-0.2, -0.15) is 32.3 Å². The van der Waals surface area contributed by atoms with Crippen LogP contribution in [0.2, 0.25) is 5.02 Å². The number of benzene rings is 2. The molecule has 1 amide bonds. The van der Waals surface area contributed by atoms with Crippen LogP contribution in [0.15, 0.2) is 59.9 Å². The van der Waals surface area contributed by atoms with Crippen molar-refractivity contribution in [3.63, 3.8) is 0 Å². The van der Waals surface area contributed by atoms with Gasteiger partial charge in [0.15, 0.2) is 11.5 Å². The van der Waals surface area contributed by atoms with Crippen LogP contribution in [0.1, 0.15) is 55.6 Å². The van der Waals surface area contributed by atoms with Crippen molar-refractivity contribution in [3.05, 3.63) is 93.1 Å². The van der Waals surface area contributed by atoms with E-state index in [1.165, 1.54) is 22.8 Å². The molecule has 18 heteroatoms. The summed E-state index contributed by atoms with van der Waals surface area (Å²) < 4.78 is 85.7. The van der Waals surface area contributed by atoms with Crippen LogP contribution in [0.4, 0.5) is 32.0 Å². The Morgan fingerprint density at radius 2 is 1.90 bits per heavy atom. The maximum atomic E-state index is 15.5. The Balaban J connectivity index is 1.49. The highest BCUT2D eigenvalue weighted by Crippen LogP contribution is 2.38. The first kappa shape index (κ1) is 33.4. The number of rotatable bonds is 4. The largest absolute Gasteiger partial charge is 0.436 e. The smallest absolute Gasteiger partial charge is 0.323 e. The molecule has 0 saturated heterocycles. The lowest BCUT2D eigenvalue weighted by Crippen LogP contribution is -2.27. The molecule has 0 radical (unpaired) electrons. The Kier molecular flexibility index (Phi) is 8.75. The second-order valence-electron chi connectivity index (χ2n) is 11.2. The van der Waals surface area contributed by atoms with Gasteiger partial charge in [-0.3, -0.25) is 14.2 Å². The number of halogens is 7. The van der Waals surface area contributed by atoms with Crippen LogP contribution in [0.25, 0.3) is 28.2 Å². The van der Waals surface area contributed by atoms with Crippen molar-refractivity contribution >= 4 is 23.2 Å². The number of nitriles is 1. The molecule has 1 N–H and O–H groups in total. The third kappa shape index (κ3) is 6.26. The van der Waals surface area contributed by atoms with Crippen LogP contribution in [0, 0.1) is 23.1 Å². The Hall–Kier alpha value is -5.50. The van der Waals surface area contributed by atoms with E-state index in [2.05, 4.69) is 25.7 Å². The van der Waals surface area contributed by atoms with Crippen LogP contribution in [-0.2, 0) is 11.0 Å². The molecule has 2 atom stereocenters. The molecule has 2 bridgehead atoms. The van der Waals surface area contributed by atoms with E-state index in [9.17, 15) is 36.8 Å². The number of anilines is 1. The third-order valence-electron chi connectivity index (χ3n) is 8.14. The molecule has 0 aliphatic carbocycles. The molecular weight excluding hydrogens is 680 g/mol. The van der Waals surface area contributed by atoms with Gasteiger partial charge >= 0.3 is 12.7 Å². The van der Waals surface area contributed by atoms with Crippen molar-refractivity contribution in [1.29, 1.82) is 5.26 Å². The van der Waals surface area contributed by atoms with E-state index in [-0.39, 0.29) is 40.3 Å². The molecule has 1 aliphatic heterocycles. The lowest BCUT2D eigenvalue weighted by molar-refractivity contribution is -0.141. The van der Waals surface area contributed by atoms with E-state index in [1.807, 2.05) is 6.07 Å². The summed E-state index contributed by atoms with van der Waals surface area (Å²) in [6, 6.07) is 8.84. The minimum atomic E-state index is -4.83. The SMILES string of the molecule is CC1CCCC(n2cnc(-c3c(-n4cc(C(F)(F)F)nn4)ccc(Cl)c3F)cc2=O)c2ccc(C#N)c(c2)-c2c(cnn2C(F)F)NC1=O. The molecule has 4 heterocycles. The number of nitrogens with one attached hydrogen (secondary N) is 1. The maximum absolute atomic E-state index is 15.5. The maximum Gasteiger partial charge on any atom is 0.436 e. The van der Waals surface area contributed by atoms with E-state index in [0.29, 0.717) is 34.0 Å². The van der Waals surface area contributed by atoms with Crippen molar-refractivity contribution < 1.29 is 31.1 Å². The first-order valence-corrected chi connectivity index (χ1v) is 14.9. The monoisotopic (exact) mass is 701 g/mol. The topological polar surface area (TPSA) is 136 Å². The predicted molar refractivity (Wildman–Crippen MR) is 162 cm³/mol. The Morgan fingerprint density at radius 3 is 2.57 bits per heavy atom. The summed E-state index contributed by atoms with van der Waals surface area (Å²) in [5.74, 6) is -2.11. The summed E-state index contributed by atoms with van der Waals surface area (Å²) in [5, 5.41) is 22.4. The first-order chi connectivity index (χ1) is 23.3. The summed E-state index contributed by atoms with van der Waals surface area (Å²) in [7, 11) is 0. The van der Waals surface area contributed by atoms with Crippen LogP contribution in [-0.4, -0.2) is 40.2 Å². The van der Waals surface area contributed by atoms with E-state index in [1.54, 1.807) is 13.0 Å². The standard InChI is InChI=1S/C31H22ClF6N9O2/c1-15-3-2-4-22(16-5-6-17(11-39)18(9-16)28-21(42-29(15)49)12-41-47(28)30(34)35)45-14-40-20(10-25(45)48)26-23(8-7-19(32)27(26)33)46-13-24(43-44-46)31(36,37)38/h5-10,12-15,22,30H,2-4H2,1H3,(H,42,49). The summed E-state index contributed by atoms with van der Waals surface area (Å²) >= 11 is 6.01. The number of carbonyl (C=O) groups is 1. The first-order valence-electron chi connectivity index (χ1n) is 14.6. The summed E-state index contributed by atoms with van der Waals surface area (Å²) in [6.07, 6.45) is -1.09. The molecule has 252 valence electrons. The molecule has 2 aromatic carbocycles. The average Bonchev–Trinajstić information content (AvgIpc) is 3.72. The van der Waals surface area contributed by atoms with Gasteiger partial charge in [0.1, 0.15) is 0 Å². The molecular formula is C31H22ClF6N9O2. The highest BCUT2D eigenvalue weighted by Gasteiger charge is 2.35. The molecule has 0 saturated carbocycles. The fourth-order valence-corrected chi connectivity index (χ4v) is 5.83. The molecule has 5 aromatic rings. The Bertz CT molecular complexity index is 2190. The van der Waals surface area contributed by atoms with Crippen molar-refractivity contribution in [2.75, 3.05) is 5.32 Å². The number of fused-ring (bicyclic) bond motifs is 4. The van der Waals surface area contributed by atoms with Gasteiger partial charge in [-0.15, -0.1) is 5.10 Å². The highest BCUT2D eigenvalue weighted by atomic mass is 35.5. The van der Waals surface area contributed by atoms with Crippen LogP contribution >= 0.6 is 11.6 Å². The van der Waals surface area contributed by atoms with Crippen molar-refractivity contribution in [2.24, 2.45) is 5.92 Å². The molecule has 49 heavy (non-hydrogen) atoms. The number of nitrogens with zero attached hydrogens (tertiary/aromatic N) is 8. The van der Waals surface area contributed by atoms with E-state index in [4.69, 9.17) is 11.6 Å². The minimum absolute atomic E-state index is 0.00270. The lowest BCUT2D eigenvalue weighted by Gasteiger charge is -2.23. The van der Waals surface area contributed by atoms with E-state index < -0.39 is 58.2 Å². The molecule has 0 spiro atoms. The number of hydrogen-bond donors (Lipinski definition) is 1. The quantitative estimate of drug-likeness (QED) is 0.204. The minimum Gasteiger partial charge on any atom is -0.323 e. The van der Waals surface area contributed by atoms with E-state index in [0.717, 1.165) is 24.7 Å². The molecule has 1 aliphatic rings. The number of alkyl halides is 5. The van der Waals surface area contributed by atoms with Crippen LogP contribution in [0.5, 0.6) is 0 Å². The van der Waals surface area contributed by atoms with E-state index >= 15 is 4.39 Å². The number of aromatic nitrogens is 7. The lowest BCUT2D eigenvalue weighted by atomic mass is 9.92. The van der Waals surface area contributed by atoms with Crippen molar-refractivity contribution in [2.45, 2.75) is 45.0 Å². The van der Waals surface area contributed by atoms with Crippen LogP contribution in [0.3, 0.4) is 0 Å². The summed E-state index contributed by atoms with van der Waals surface area (Å²) in [6.45, 7) is -1.47. The van der Waals surface area contributed by atoms with Crippen LogP contribution < -0.4 is 10.9 Å². The molecule has 11 nitrogen and oxygen atoms in total. The molecule has 3 aromatic heterocycles. The van der Waals surface area contributed by atoms with Gasteiger partial charge in [0, 0.05) is 17.5 Å². The van der Waals surface area contributed by atoms with Crippen molar-refractivity contribution in [1.82, 2.24) is 34.3 Å². The van der Waals surface area contributed by atoms with Gasteiger partial charge in [-0.1, -0.05) is 36.2 Å². The molecule has 6 rings (SSSR count). The molecule has 0 fully saturated rings. The normalized spacial score (nSPS) is 16.8. The zero-order valence-electron chi connectivity index (χ0n) is 25.1. The second kappa shape index (κ2) is 12.8. The van der Waals surface area contributed by atoms with Crippen molar-refractivity contribution in [3.8, 4) is 34.3 Å². The molecule has 2 unspecified atom stereocenters. The predicted octanol–water partition coefficient (Wildman–Crippen LogP) is 6.78. The number of amides is 1. The van der Waals surface area contributed by atoms with Gasteiger partial charge in [0.25, 0.3) is 5.56 Å². The number of hydrogen-bond acceptors (Lipinski definition) is 7. The second-order valence-corrected chi connectivity index (χ2v) is 11.6. The fourth-order valence-electron chi connectivity index (χ4n) is 5.67.